The van der Waals surface area contributed by atoms with Crippen molar-refractivity contribution in [2.24, 2.45) is 4.99 Å². The molecule has 2 N–H and O–H groups in total. The van der Waals surface area contributed by atoms with Crippen LogP contribution < -0.4 is 20.1 Å². The topological polar surface area (TPSA) is 67.4 Å². The Labute approximate surface area is 165 Å². The summed E-state index contributed by atoms with van der Waals surface area (Å²) in [6.07, 6.45) is 0. The maximum absolute atomic E-state index is 12.7. The Bertz CT molecular complexity index is 625. The fraction of sp³-hybridized carbons (Fsp3) is 0.632. The number of benzene rings is 1. The summed E-state index contributed by atoms with van der Waals surface area (Å²) in [6.45, 7) is 6.17. The maximum Gasteiger partial charge on any atom is 0.387 e. The van der Waals surface area contributed by atoms with Crippen LogP contribution in [0.25, 0.3) is 0 Å². The second-order valence-corrected chi connectivity index (χ2v) is 6.43. The van der Waals surface area contributed by atoms with Gasteiger partial charge in [0.1, 0.15) is 11.5 Å². The van der Waals surface area contributed by atoms with E-state index < -0.39 is 6.61 Å². The first kappa shape index (κ1) is 22.2. The monoisotopic (exact) mass is 400 g/mol. The lowest BCUT2D eigenvalue weighted by molar-refractivity contribution is -0.0505. The van der Waals surface area contributed by atoms with Gasteiger partial charge < -0.3 is 24.8 Å². The van der Waals surface area contributed by atoms with Crippen molar-refractivity contribution in [2.45, 2.75) is 33.0 Å². The Morgan fingerprint density at radius 1 is 1.29 bits per heavy atom. The van der Waals surface area contributed by atoms with Gasteiger partial charge in [-0.1, -0.05) is 0 Å². The van der Waals surface area contributed by atoms with E-state index in [-0.39, 0.29) is 12.3 Å². The summed E-state index contributed by atoms with van der Waals surface area (Å²) >= 11 is 0. The predicted octanol–water partition coefficient (Wildman–Crippen LogP) is 2.07. The van der Waals surface area contributed by atoms with Gasteiger partial charge in [0.25, 0.3) is 0 Å². The van der Waals surface area contributed by atoms with Crippen molar-refractivity contribution in [1.82, 2.24) is 15.5 Å². The summed E-state index contributed by atoms with van der Waals surface area (Å²) in [5.74, 6) is 1.14. The number of morpholine rings is 1. The van der Waals surface area contributed by atoms with Gasteiger partial charge in [0.05, 0.1) is 26.9 Å². The van der Waals surface area contributed by atoms with Crippen LogP contribution in [0.15, 0.2) is 23.2 Å². The number of nitrogens with one attached hydrogen (secondary N) is 2. The molecule has 0 aliphatic carbocycles. The molecule has 0 amide bonds. The minimum Gasteiger partial charge on any atom is -0.497 e. The number of ether oxygens (including phenoxy) is 3. The molecule has 0 radical (unpaired) electrons. The molecule has 28 heavy (non-hydrogen) atoms. The molecule has 1 aliphatic rings. The SMILES string of the molecule is CCNC(=NCc1ccc(OC)cc1OC(F)F)NCC(C)N1CCOCC1. The molecule has 2 rings (SSSR count). The summed E-state index contributed by atoms with van der Waals surface area (Å²) in [7, 11) is 1.47. The second kappa shape index (κ2) is 11.7. The van der Waals surface area contributed by atoms with E-state index in [9.17, 15) is 8.78 Å². The fourth-order valence-corrected chi connectivity index (χ4v) is 2.90. The number of aliphatic imine (C=N–C) groups is 1. The highest BCUT2D eigenvalue weighted by atomic mass is 19.3. The van der Waals surface area contributed by atoms with Gasteiger partial charge in [0, 0.05) is 43.9 Å². The standard InChI is InChI=1S/C19H30F2N4O3/c1-4-22-19(23-12-14(2)25-7-9-27-10-8-25)24-13-15-5-6-16(26-3)11-17(15)28-18(20)21/h5-6,11,14,18H,4,7-10,12-13H2,1-3H3,(H2,22,23,24). The van der Waals surface area contributed by atoms with E-state index in [2.05, 4.69) is 32.2 Å². The Hall–Kier alpha value is -2.13. The van der Waals surface area contributed by atoms with Gasteiger partial charge in [-0.15, -0.1) is 0 Å². The van der Waals surface area contributed by atoms with Gasteiger partial charge in [-0.3, -0.25) is 4.90 Å². The summed E-state index contributed by atoms with van der Waals surface area (Å²) in [4.78, 5) is 6.87. The molecule has 1 aromatic carbocycles. The molecule has 158 valence electrons. The summed E-state index contributed by atoms with van der Waals surface area (Å²) in [5.41, 5.74) is 0.555. The molecule has 7 nitrogen and oxygen atoms in total. The first-order valence-electron chi connectivity index (χ1n) is 9.49. The number of methoxy groups -OCH3 is 1. The van der Waals surface area contributed by atoms with Gasteiger partial charge >= 0.3 is 6.61 Å². The lowest BCUT2D eigenvalue weighted by atomic mass is 10.2. The van der Waals surface area contributed by atoms with Crippen LogP contribution in [-0.2, 0) is 11.3 Å². The van der Waals surface area contributed by atoms with Crippen LogP contribution in [0.4, 0.5) is 8.78 Å². The molecule has 1 aromatic rings. The Morgan fingerprint density at radius 3 is 2.68 bits per heavy atom. The summed E-state index contributed by atoms with van der Waals surface area (Å²) in [6, 6.07) is 5.15. The fourth-order valence-electron chi connectivity index (χ4n) is 2.90. The quantitative estimate of drug-likeness (QED) is 0.489. The molecular formula is C19H30F2N4O3. The van der Waals surface area contributed by atoms with E-state index in [1.165, 1.54) is 13.2 Å². The molecule has 1 unspecified atom stereocenters. The van der Waals surface area contributed by atoms with Crippen LogP contribution in [0.5, 0.6) is 11.5 Å². The van der Waals surface area contributed by atoms with Crippen LogP contribution >= 0.6 is 0 Å². The number of guanidine groups is 1. The smallest absolute Gasteiger partial charge is 0.387 e. The lowest BCUT2D eigenvalue weighted by Crippen LogP contribution is -2.49. The molecule has 1 atom stereocenters. The van der Waals surface area contributed by atoms with E-state index in [1.54, 1.807) is 12.1 Å². The van der Waals surface area contributed by atoms with Gasteiger partial charge in [-0.2, -0.15) is 8.78 Å². The largest absolute Gasteiger partial charge is 0.497 e. The van der Waals surface area contributed by atoms with E-state index >= 15 is 0 Å². The molecule has 0 saturated carbocycles. The molecule has 1 fully saturated rings. The Morgan fingerprint density at radius 2 is 2.04 bits per heavy atom. The van der Waals surface area contributed by atoms with Gasteiger partial charge in [0.2, 0.25) is 0 Å². The lowest BCUT2D eigenvalue weighted by Gasteiger charge is -2.32. The highest BCUT2D eigenvalue weighted by Crippen LogP contribution is 2.27. The van der Waals surface area contributed by atoms with Crippen molar-refractivity contribution in [2.75, 3.05) is 46.5 Å². The van der Waals surface area contributed by atoms with E-state index in [1.807, 2.05) is 6.92 Å². The van der Waals surface area contributed by atoms with E-state index in [0.717, 1.165) is 32.8 Å². The van der Waals surface area contributed by atoms with Crippen LogP contribution in [0, 0.1) is 0 Å². The Balaban J connectivity index is 2.01. The zero-order valence-electron chi connectivity index (χ0n) is 16.7. The van der Waals surface area contributed by atoms with Crippen molar-refractivity contribution in [3.8, 4) is 11.5 Å². The zero-order chi connectivity index (χ0) is 20.4. The van der Waals surface area contributed by atoms with E-state index in [0.29, 0.717) is 29.9 Å². The highest BCUT2D eigenvalue weighted by Gasteiger charge is 2.17. The van der Waals surface area contributed by atoms with Crippen molar-refractivity contribution in [1.29, 1.82) is 0 Å². The number of nitrogens with zero attached hydrogens (tertiary/aromatic N) is 2. The number of hydrogen-bond acceptors (Lipinski definition) is 5. The third-order valence-corrected chi connectivity index (χ3v) is 4.48. The number of alkyl halides is 2. The average Bonchev–Trinajstić information content (AvgIpc) is 2.70. The molecule has 9 heteroatoms. The molecule has 1 aliphatic heterocycles. The first-order chi connectivity index (χ1) is 13.5. The minimum atomic E-state index is -2.91. The number of halogens is 2. The summed E-state index contributed by atoms with van der Waals surface area (Å²) < 4.78 is 40.5. The maximum atomic E-state index is 12.7. The van der Waals surface area contributed by atoms with Crippen LogP contribution in [-0.4, -0.2) is 70.0 Å². The third kappa shape index (κ3) is 7.12. The van der Waals surface area contributed by atoms with Crippen LogP contribution in [0.1, 0.15) is 19.4 Å². The zero-order valence-corrected chi connectivity index (χ0v) is 16.7. The number of hydrogen-bond donors (Lipinski definition) is 2. The first-order valence-corrected chi connectivity index (χ1v) is 9.49. The summed E-state index contributed by atoms with van der Waals surface area (Å²) in [5, 5.41) is 6.49. The normalized spacial score (nSPS) is 16.7. The van der Waals surface area contributed by atoms with Crippen molar-refractivity contribution in [3.63, 3.8) is 0 Å². The molecule has 0 aromatic heterocycles. The van der Waals surface area contributed by atoms with Gasteiger partial charge in [-0.05, 0) is 26.0 Å². The highest BCUT2D eigenvalue weighted by molar-refractivity contribution is 5.79. The third-order valence-electron chi connectivity index (χ3n) is 4.48. The van der Waals surface area contributed by atoms with Crippen molar-refractivity contribution >= 4 is 5.96 Å². The average molecular weight is 400 g/mol. The molecule has 1 saturated heterocycles. The van der Waals surface area contributed by atoms with Gasteiger partial charge in [0.15, 0.2) is 5.96 Å². The number of rotatable bonds is 9. The Kier molecular flexibility index (Phi) is 9.22. The van der Waals surface area contributed by atoms with Crippen LogP contribution in [0.2, 0.25) is 0 Å². The van der Waals surface area contributed by atoms with Crippen LogP contribution in [0.3, 0.4) is 0 Å². The predicted molar refractivity (Wildman–Crippen MR) is 104 cm³/mol. The molecule has 1 heterocycles. The van der Waals surface area contributed by atoms with Crippen molar-refractivity contribution in [3.05, 3.63) is 23.8 Å². The van der Waals surface area contributed by atoms with E-state index in [4.69, 9.17) is 9.47 Å². The molecule has 0 spiro atoms. The molecular weight excluding hydrogens is 370 g/mol. The minimum absolute atomic E-state index is 0.0654. The van der Waals surface area contributed by atoms with Gasteiger partial charge in [-0.25, -0.2) is 4.99 Å². The second-order valence-electron chi connectivity index (χ2n) is 6.43. The molecule has 0 bridgehead atoms. The van der Waals surface area contributed by atoms with Crippen molar-refractivity contribution < 1.29 is 23.0 Å².